The fourth-order valence-corrected chi connectivity index (χ4v) is 1.84. The molecule has 5 heteroatoms. The lowest BCUT2D eigenvalue weighted by molar-refractivity contribution is 0.00453. The lowest BCUT2D eigenvalue weighted by Gasteiger charge is -2.40. The van der Waals surface area contributed by atoms with E-state index in [4.69, 9.17) is 9.47 Å². The van der Waals surface area contributed by atoms with Gasteiger partial charge in [0.15, 0.2) is 0 Å². The molecule has 1 aliphatic rings. The molecule has 0 aliphatic carbocycles. The van der Waals surface area contributed by atoms with Crippen LogP contribution in [0.2, 0.25) is 0 Å². The van der Waals surface area contributed by atoms with Gasteiger partial charge in [-0.25, -0.2) is 4.79 Å². The summed E-state index contributed by atoms with van der Waals surface area (Å²) in [6.45, 7) is 13.9. The molecular formula is C15H30N2O3. The Balaban J connectivity index is 1.98. The third kappa shape index (κ3) is 7.10. The van der Waals surface area contributed by atoms with Crippen LogP contribution in [-0.2, 0) is 9.47 Å². The van der Waals surface area contributed by atoms with Crippen molar-refractivity contribution in [3.8, 4) is 0 Å². The first-order chi connectivity index (χ1) is 9.28. The summed E-state index contributed by atoms with van der Waals surface area (Å²) >= 11 is 0. The molecular weight excluding hydrogens is 256 g/mol. The van der Waals surface area contributed by atoms with E-state index in [0.717, 1.165) is 39.3 Å². The minimum absolute atomic E-state index is 0.219. The molecule has 118 valence electrons. The van der Waals surface area contributed by atoms with Crippen molar-refractivity contribution in [2.45, 2.75) is 52.7 Å². The molecule has 0 radical (unpaired) electrons. The Bertz CT molecular complexity index is 294. The standard InChI is InChI=1S/C15H30N2O3/c1-12(2)6-8-19-9-7-16-13-10-17(11-13)14(18)20-15(3,4)5/h12-13,16H,6-11H2,1-5H3. The zero-order valence-corrected chi connectivity index (χ0v) is 13.6. The van der Waals surface area contributed by atoms with Gasteiger partial charge >= 0.3 is 6.09 Å². The summed E-state index contributed by atoms with van der Waals surface area (Å²) in [6.07, 6.45) is 0.888. The Labute approximate surface area is 123 Å². The van der Waals surface area contributed by atoms with Crippen LogP contribution in [0.1, 0.15) is 41.0 Å². The predicted octanol–water partition coefficient (Wildman–Crippen LogP) is 2.26. The van der Waals surface area contributed by atoms with Crippen molar-refractivity contribution in [2.24, 2.45) is 5.92 Å². The topological polar surface area (TPSA) is 50.8 Å². The van der Waals surface area contributed by atoms with E-state index in [0.29, 0.717) is 12.0 Å². The number of carbonyl (C=O) groups is 1. The van der Waals surface area contributed by atoms with Crippen LogP contribution in [0.4, 0.5) is 4.79 Å². The van der Waals surface area contributed by atoms with Gasteiger partial charge in [-0.1, -0.05) is 13.8 Å². The maximum Gasteiger partial charge on any atom is 0.410 e. The molecule has 0 saturated carbocycles. The van der Waals surface area contributed by atoms with Crippen LogP contribution in [0.3, 0.4) is 0 Å². The van der Waals surface area contributed by atoms with Crippen LogP contribution in [0, 0.1) is 5.92 Å². The lowest BCUT2D eigenvalue weighted by Crippen LogP contribution is -2.60. The molecule has 0 spiro atoms. The van der Waals surface area contributed by atoms with Crippen LogP contribution < -0.4 is 5.32 Å². The van der Waals surface area contributed by atoms with Gasteiger partial charge in [-0.2, -0.15) is 0 Å². The van der Waals surface area contributed by atoms with Gasteiger partial charge in [-0.15, -0.1) is 0 Å². The minimum atomic E-state index is -0.417. The third-order valence-electron chi connectivity index (χ3n) is 3.05. The third-order valence-corrected chi connectivity index (χ3v) is 3.05. The van der Waals surface area contributed by atoms with E-state index in [9.17, 15) is 4.79 Å². The van der Waals surface area contributed by atoms with E-state index in [1.54, 1.807) is 4.90 Å². The van der Waals surface area contributed by atoms with Gasteiger partial charge in [0.1, 0.15) is 5.60 Å². The van der Waals surface area contributed by atoms with Gasteiger partial charge in [-0.05, 0) is 33.1 Å². The summed E-state index contributed by atoms with van der Waals surface area (Å²) in [5.41, 5.74) is -0.417. The largest absolute Gasteiger partial charge is 0.444 e. The molecule has 1 N–H and O–H groups in total. The number of hydrogen-bond acceptors (Lipinski definition) is 4. The Hall–Kier alpha value is -0.810. The first-order valence-corrected chi connectivity index (χ1v) is 7.57. The maximum atomic E-state index is 11.7. The van der Waals surface area contributed by atoms with Crippen molar-refractivity contribution >= 4 is 6.09 Å². The van der Waals surface area contributed by atoms with Crippen molar-refractivity contribution in [1.29, 1.82) is 0 Å². The summed E-state index contributed by atoms with van der Waals surface area (Å²) in [7, 11) is 0. The van der Waals surface area contributed by atoms with Gasteiger partial charge in [0.05, 0.1) is 6.61 Å². The second-order valence-electron chi connectivity index (χ2n) is 6.83. The Morgan fingerprint density at radius 1 is 1.30 bits per heavy atom. The Morgan fingerprint density at radius 2 is 1.95 bits per heavy atom. The number of rotatable bonds is 7. The monoisotopic (exact) mass is 286 g/mol. The lowest BCUT2D eigenvalue weighted by atomic mass is 10.1. The fraction of sp³-hybridized carbons (Fsp3) is 0.933. The molecule has 1 heterocycles. The van der Waals surface area contributed by atoms with Crippen molar-refractivity contribution in [3.05, 3.63) is 0 Å². The summed E-state index contributed by atoms with van der Waals surface area (Å²) in [6, 6.07) is 0.371. The average molecular weight is 286 g/mol. The zero-order chi connectivity index (χ0) is 15.2. The van der Waals surface area contributed by atoms with E-state index in [1.807, 2.05) is 20.8 Å². The van der Waals surface area contributed by atoms with Crippen molar-refractivity contribution < 1.29 is 14.3 Å². The highest BCUT2D eigenvalue weighted by molar-refractivity contribution is 5.69. The van der Waals surface area contributed by atoms with E-state index in [1.165, 1.54) is 0 Å². The van der Waals surface area contributed by atoms with Gasteiger partial charge < -0.3 is 19.7 Å². The second kappa shape index (κ2) is 7.84. The Kier molecular flexibility index (Phi) is 6.76. The molecule has 0 aromatic carbocycles. The molecule has 1 saturated heterocycles. The van der Waals surface area contributed by atoms with Crippen molar-refractivity contribution in [3.63, 3.8) is 0 Å². The smallest absolute Gasteiger partial charge is 0.410 e. The summed E-state index contributed by atoms with van der Waals surface area (Å²) in [4.78, 5) is 13.4. The number of amides is 1. The van der Waals surface area contributed by atoms with Crippen LogP contribution >= 0.6 is 0 Å². The molecule has 0 aromatic heterocycles. The molecule has 5 nitrogen and oxygen atoms in total. The highest BCUT2D eigenvalue weighted by Gasteiger charge is 2.33. The van der Waals surface area contributed by atoms with Gasteiger partial charge in [-0.3, -0.25) is 0 Å². The molecule has 1 fully saturated rings. The molecule has 20 heavy (non-hydrogen) atoms. The number of nitrogens with zero attached hydrogens (tertiary/aromatic N) is 1. The van der Waals surface area contributed by atoms with Crippen LogP contribution in [0.25, 0.3) is 0 Å². The van der Waals surface area contributed by atoms with Crippen LogP contribution in [-0.4, -0.2) is 55.5 Å². The zero-order valence-electron chi connectivity index (χ0n) is 13.6. The van der Waals surface area contributed by atoms with Crippen molar-refractivity contribution in [1.82, 2.24) is 10.2 Å². The second-order valence-corrected chi connectivity index (χ2v) is 6.83. The molecule has 0 atom stereocenters. The predicted molar refractivity (Wildman–Crippen MR) is 79.9 cm³/mol. The van der Waals surface area contributed by atoms with Crippen molar-refractivity contribution in [2.75, 3.05) is 32.8 Å². The summed E-state index contributed by atoms with van der Waals surface area (Å²) in [5.74, 6) is 0.692. The highest BCUT2D eigenvalue weighted by atomic mass is 16.6. The molecule has 1 amide bonds. The number of ether oxygens (including phenoxy) is 2. The van der Waals surface area contributed by atoms with E-state index in [2.05, 4.69) is 19.2 Å². The van der Waals surface area contributed by atoms with E-state index in [-0.39, 0.29) is 6.09 Å². The molecule has 0 unspecified atom stereocenters. The molecule has 0 bridgehead atoms. The highest BCUT2D eigenvalue weighted by Crippen LogP contribution is 2.14. The molecule has 0 aromatic rings. The quantitative estimate of drug-likeness (QED) is 0.729. The fourth-order valence-electron chi connectivity index (χ4n) is 1.84. The molecule has 1 aliphatic heterocycles. The Morgan fingerprint density at radius 3 is 2.50 bits per heavy atom. The number of likely N-dealkylation sites (tertiary alicyclic amines) is 1. The first-order valence-electron chi connectivity index (χ1n) is 7.57. The normalized spacial score (nSPS) is 16.4. The van der Waals surface area contributed by atoms with E-state index < -0.39 is 5.60 Å². The summed E-state index contributed by atoms with van der Waals surface area (Å²) < 4.78 is 10.8. The average Bonchev–Trinajstić information content (AvgIpc) is 2.21. The number of nitrogens with one attached hydrogen (secondary N) is 1. The maximum absolute atomic E-state index is 11.7. The van der Waals surface area contributed by atoms with Crippen LogP contribution in [0.15, 0.2) is 0 Å². The van der Waals surface area contributed by atoms with Gasteiger partial charge in [0.2, 0.25) is 0 Å². The first kappa shape index (κ1) is 17.2. The van der Waals surface area contributed by atoms with Crippen LogP contribution in [0.5, 0.6) is 0 Å². The summed E-state index contributed by atoms with van der Waals surface area (Å²) in [5, 5.41) is 3.38. The molecule has 1 rings (SSSR count). The van der Waals surface area contributed by atoms with Gasteiger partial charge in [0.25, 0.3) is 0 Å². The minimum Gasteiger partial charge on any atom is -0.444 e. The number of hydrogen-bond donors (Lipinski definition) is 1. The number of carbonyl (C=O) groups excluding carboxylic acids is 1. The van der Waals surface area contributed by atoms with E-state index >= 15 is 0 Å². The SMILES string of the molecule is CC(C)CCOCCNC1CN(C(=O)OC(C)(C)C)C1. The van der Waals surface area contributed by atoms with Gasteiger partial charge in [0, 0.05) is 32.3 Å².